The molecular weight excluding hydrogens is 278 g/mol. The number of anilines is 1. The molecule has 0 spiro atoms. The van der Waals surface area contributed by atoms with E-state index in [1.807, 2.05) is 6.92 Å². The summed E-state index contributed by atoms with van der Waals surface area (Å²) in [5, 5.41) is 3.05. The molecule has 112 valence electrons. The van der Waals surface area contributed by atoms with Crippen molar-refractivity contribution in [1.29, 1.82) is 0 Å². The maximum Gasteiger partial charge on any atom is 0.246 e. The topological polar surface area (TPSA) is 71.5 Å². The summed E-state index contributed by atoms with van der Waals surface area (Å²) in [6.45, 7) is 3.67. The Hall–Kier alpha value is -1.18. The summed E-state index contributed by atoms with van der Waals surface area (Å²) < 4.78 is 32.1. The average molecular weight is 299 g/mol. The van der Waals surface area contributed by atoms with Gasteiger partial charge >= 0.3 is 0 Å². The summed E-state index contributed by atoms with van der Waals surface area (Å²) in [7, 11) is -1.97. The largest absolute Gasteiger partial charge is 0.384 e. The van der Waals surface area contributed by atoms with Crippen LogP contribution in [0.2, 0.25) is 0 Å². The summed E-state index contributed by atoms with van der Waals surface area (Å²) >= 11 is 0. The molecule has 2 rings (SSSR count). The molecule has 1 aliphatic heterocycles. The molecule has 1 atom stereocenters. The Morgan fingerprint density at radius 1 is 1.55 bits per heavy atom. The molecule has 0 radical (unpaired) electrons. The number of rotatable bonds is 6. The van der Waals surface area contributed by atoms with Gasteiger partial charge in [0.05, 0.1) is 11.8 Å². The van der Waals surface area contributed by atoms with Gasteiger partial charge in [-0.2, -0.15) is 4.31 Å². The van der Waals surface area contributed by atoms with Crippen molar-refractivity contribution in [2.24, 2.45) is 0 Å². The Bertz CT molecular complexity index is 542. The fourth-order valence-electron chi connectivity index (χ4n) is 2.26. The van der Waals surface area contributed by atoms with E-state index in [1.54, 1.807) is 19.3 Å². The first kappa shape index (κ1) is 15.2. The molecule has 0 bridgehead atoms. The van der Waals surface area contributed by atoms with Gasteiger partial charge in [0.2, 0.25) is 10.0 Å². The number of hydrogen-bond donors (Lipinski definition) is 1. The molecule has 1 aromatic rings. The highest BCUT2D eigenvalue weighted by Crippen LogP contribution is 2.24. The number of nitrogens with one attached hydrogen (secondary N) is 1. The van der Waals surface area contributed by atoms with Gasteiger partial charge in [0.1, 0.15) is 4.90 Å². The molecule has 1 saturated heterocycles. The fraction of sp³-hybridized carbons (Fsp3) is 0.615. The zero-order valence-corrected chi connectivity index (χ0v) is 12.7. The van der Waals surface area contributed by atoms with Crippen LogP contribution in [0, 0.1) is 0 Å². The zero-order valence-electron chi connectivity index (χ0n) is 11.9. The van der Waals surface area contributed by atoms with E-state index >= 15 is 0 Å². The first-order valence-electron chi connectivity index (χ1n) is 6.81. The predicted octanol–water partition coefficient (Wildman–Crippen LogP) is 1.31. The fourth-order valence-corrected chi connectivity index (χ4v) is 3.57. The van der Waals surface area contributed by atoms with Gasteiger partial charge in [0.25, 0.3) is 0 Å². The predicted molar refractivity (Wildman–Crippen MR) is 77.2 cm³/mol. The third-order valence-electron chi connectivity index (χ3n) is 3.32. The van der Waals surface area contributed by atoms with Crippen molar-refractivity contribution in [3.8, 4) is 0 Å². The highest BCUT2D eigenvalue weighted by atomic mass is 32.2. The quantitative estimate of drug-likeness (QED) is 0.857. The molecule has 7 heteroatoms. The van der Waals surface area contributed by atoms with E-state index in [4.69, 9.17) is 4.74 Å². The normalized spacial score (nSPS) is 19.4. The van der Waals surface area contributed by atoms with E-state index < -0.39 is 10.0 Å². The molecule has 1 aliphatic rings. The molecule has 2 heterocycles. The van der Waals surface area contributed by atoms with Crippen LogP contribution in [0.15, 0.2) is 23.4 Å². The second-order valence-corrected chi connectivity index (χ2v) is 6.84. The minimum Gasteiger partial charge on any atom is -0.384 e. The van der Waals surface area contributed by atoms with E-state index in [9.17, 15) is 8.42 Å². The van der Waals surface area contributed by atoms with Gasteiger partial charge in [-0.3, -0.25) is 4.98 Å². The number of pyridine rings is 1. The number of ether oxygens (including phenoxy) is 1. The molecule has 20 heavy (non-hydrogen) atoms. The second-order valence-electron chi connectivity index (χ2n) is 4.82. The van der Waals surface area contributed by atoms with E-state index in [0.29, 0.717) is 25.4 Å². The maximum absolute atomic E-state index is 12.6. The molecule has 0 saturated carbocycles. The number of sulfonamides is 1. The first-order chi connectivity index (χ1) is 9.55. The monoisotopic (exact) mass is 299 g/mol. The van der Waals surface area contributed by atoms with Crippen molar-refractivity contribution in [2.75, 3.05) is 32.1 Å². The number of aromatic nitrogens is 1. The van der Waals surface area contributed by atoms with Gasteiger partial charge < -0.3 is 10.1 Å². The number of hydrogen-bond acceptors (Lipinski definition) is 5. The van der Waals surface area contributed by atoms with Crippen LogP contribution < -0.4 is 5.32 Å². The van der Waals surface area contributed by atoms with Crippen molar-refractivity contribution in [2.45, 2.75) is 30.8 Å². The molecule has 1 aromatic heterocycles. The zero-order chi connectivity index (χ0) is 14.6. The van der Waals surface area contributed by atoms with Crippen LogP contribution in [0.1, 0.15) is 19.8 Å². The van der Waals surface area contributed by atoms with Crippen molar-refractivity contribution in [1.82, 2.24) is 9.29 Å². The Morgan fingerprint density at radius 3 is 3.00 bits per heavy atom. The van der Waals surface area contributed by atoms with Crippen molar-refractivity contribution >= 4 is 15.7 Å². The summed E-state index contributed by atoms with van der Waals surface area (Å²) in [4.78, 5) is 4.14. The summed E-state index contributed by atoms with van der Waals surface area (Å²) in [6, 6.07) is 1.68. The first-order valence-corrected chi connectivity index (χ1v) is 8.25. The molecular formula is C13H21N3O3S. The highest BCUT2D eigenvalue weighted by Gasteiger charge is 2.28. The van der Waals surface area contributed by atoms with E-state index in [1.165, 1.54) is 10.5 Å². The minimum atomic E-state index is -3.55. The molecule has 1 unspecified atom stereocenters. The molecule has 1 fully saturated rings. The second kappa shape index (κ2) is 6.51. The lowest BCUT2D eigenvalue weighted by molar-refractivity contribution is 0.0979. The standard InChI is InChI=1S/C13H21N3O3S/c1-3-15-12-6-7-14-9-13(12)20(17,18)16(2)10-11-5-4-8-19-11/h6-7,9,11H,3-5,8,10H2,1-2H3,(H,14,15). The van der Waals surface area contributed by atoms with Crippen molar-refractivity contribution in [3.63, 3.8) is 0 Å². The minimum absolute atomic E-state index is 0.00553. The van der Waals surface area contributed by atoms with Gasteiger partial charge in [-0.1, -0.05) is 0 Å². The number of likely N-dealkylation sites (N-methyl/N-ethyl adjacent to an activating group) is 1. The van der Waals surface area contributed by atoms with Crippen LogP contribution in [-0.4, -0.2) is 50.6 Å². The van der Waals surface area contributed by atoms with E-state index in [2.05, 4.69) is 10.3 Å². The van der Waals surface area contributed by atoms with Crippen LogP contribution >= 0.6 is 0 Å². The lowest BCUT2D eigenvalue weighted by Crippen LogP contribution is -2.34. The van der Waals surface area contributed by atoms with E-state index in [0.717, 1.165) is 12.8 Å². The lowest BCUT2D eigenvalue weighted by atomic mass is 10.2. The van der Waals surface area contributed by atoms with Crippen LogP contribution in [0.5, 0.6) is 0 Å². The van der Waals surface area contributed by atoms with E-state index in [-0.39, 0.29) is 11.0 Å². The summed E-state index contributed by atoms with van der Waals surface area (Å²) in [6.07, 6.45) is 4.87. The van der Waals surface area contributed by atoms with Gasteiger partial charge in [0.15, 0.2) is 0 Å². The smallest absolute Gasteiger partial charge is 0.246 e. The third-order valence-corrected chi connectivity index (χ3v) is 5.18. The molecule has 1 N–H and O–H groups in total. The molecule has 6 nitrogen and oxygen atoms in total. The van der Waals surface area contributed by atoms with Gasteiger partial charge in [0, 0.05) is 39.1 Å². The SMILES string of the molecule is CCNc1ccncc1S(=O)(=O)N(C)CC1CCCO1. The highest BCUT2D eigenvalue weighted by molar-refractivity contribution is 7.89. The van der Waals surface area contributed by atoms with Gasteiger partial charge in [-0.25, -0.2) is 8.42 Å². The molecule has 0 aromatic carbocycles. The lowest BCUT2D eigenvalue weighted by Gasteiger charge is -2.21. The Labute approximate surface area is 120 Å². The van der Waals surface area contributed by atoms with Crippen LogP contribution in [0.25, 0.3) is 0 Å². The summed E-state index contributed by atoms with van der Waals surface area (Å²) in [5.41, 5.74) is 0.585. The Balaban J connectivity index is 2.20. The molecule has 0 amide bonds. The van der Waals surface area contributed by atoms with Crippen LogP contribution in [0.3, 0.4) is 0 Å². The van der Waals surface area contributed by atoms with Crippen LogP contribution in [0.4, 0.5) is 5.69 Å². The van der Waals surface area contributed by atoms with Crippen molar-refractivity contribution in [3.05, 3.63) is 18.5 Å². The van der Waals surface area contributed by atoms with Gasteiger partial charge in [-0.15, -0.1) is 0 Å². The van der Waals surface area contributed by atoms with Crippen LogP contribution in [-0.2, 0) is 14.8 Å². The van der Waals surface area contributed by atoms with Gasteiger partial charge in [-0.05, 0) is 25.8 Å². The average Bonchev–Trinajstić information content (AvgIpc) is 2.92. The molecule has 0 aliphatic carbocycles. The number of nitrogens with zero attached hydrogens (tertiary/aromatic N) is 2. The van der Waals surface area contributed by atoms with Crippen molar-refractivity contribution < 1.29 is 13.2 Å². The Morgan fingerprint density at radius 2 is 2.35 bits per heavy atom. The maximum atomic E-state index is 12.6. The summed E-state index contributed by atoms with van der Waals surface area (Å²) in [5.74, 6) is 0. The third kappa shape index (κ3) is 3.28. The Kier molecular flexibility index (Phi) is 4.95.